The summed E-state index contributed by atoms with van der Waals surface area (Å²) < 4.78 is 25.2. The van der Waals surface area contributed by atoms with Crippen molar-refractivity contribution in [3.8, 4) is 11.5 Å². The summed E-state index contributed by atoms with van der Waals surface area (Å²) in [7, 11) is 9.10. The van der Waals surface area contributed by atoms with Crippen molar-refractivity contribution >= 4 is 25.9 Å². The third kappa shape index (κ3) is 4.12. The molecule has 7 nitrogen and oxygen atoms in total. The number of nitrogens with one attached hydrogen (secondary N) is 1. The van der Waals surface area contributed by atoms with E-state index in [1.165, 1.54) is 25.1 Å². The highest BCUT2D eigenvalue weighted by atomic mass is 19.1. The smallest absolute Gasteiger partial charge is 0.254 e. The Morgan fingerprint density at radius 3 is 2.68 bits per heavy atom. The number of rotatable bonds is 9. The molecule has 0 bridgehead atoms. The lowest BCUT2D eigenvalue weighted by atomic mass is 9.71. The minimum atomic E-state index is -1.69. The van der Waals surface area contributed by atoms with Crippen LogP contribution in [0.2, 0.25) is 0 Å². The maximum atomic E-state index is 14.4. The highest BCUT2D eigenvalue weighted by Gasteiger charge is 2.45. The predicted molar refractivity (Wildman–Crippen MR) is 111 cm³/mol. The number of carbonyl (C=O) groups excluding carboxylic acids is 3. The summed E-state index contributed by atoms with van der Waals surface area (Å²) in [4.78, 5) is 37.6. The lowest BCUT2D eigenvalue weighted by Crippen LogP contribution is -2.59. The van der Waals surface area contributed by atoms with E-state index >= 15 is 0 Å². The van der Waals surface area contributed by atoms with Gasteiger partial charge in [-0.1, -0.05) is 18.2 Å². The molecule has 1 N–H and O–H groups in total. The quantitative estimate of drug-likeness (QED) is 0.492. The van der Waals surface area contributed by atoms with Crippen molar-refractivity contribution in [2.45, 2.75) is 31.4 Å². The van der Waals surface area contributed by atoms with Gasteiger partial charge in [0.15, 0.2) is 11.6 Å². The van der Waals surface area contributed by atoms with Gasteiger partial charge < -0.3 is 24.5 Å². The molecule has 0 aliphatic carbocycles. The van der Waals surface area contributed by atoms with E-state index in [4.69, 9.17) is 17.3 Å². The molecule has 2 aromatic carbocycles. The molecule has 2 aromatic rings. The number of nitrogens with zero attached hydrogens (tertiary/aromatic N) is 1. The second-order valence-electron chi connectivity index (χ2n) is 7.10. The molecule has 2 amide bonds. The van der Waals surface area contributed by atoms with Crippen molar-refractivity contribution in [2.24, 2.45) is 0 Å². The van der Waals surface area contributed by atoms with Crippen LogP contribution in [0.25, 0.3) is 0 Å². The van der Waals surface area contributed by atoms with E-state index in [0.29, 0.717) is 28.7 Å². The first-order chi connectivity index (χ1) is 14.9. The molecule has 0 aromatic heterocycles. The zero-order valence-corrected chi connectivity index (χ0v) is 17.3. The van der Waals surface area contributed by atoms with Crippen molar-refractivity contribution in [1.29, 1.82) is 0 Å². The number of hydrogen-bond acceptors (Lipinski definition) is 5. The maximum absolute atomic E-state index is 14.4. The van der Waals surface area contributed by atoms with Gasteiger partial charge in [0.1, 0.15) is 26.5 Å². The van der Waals surface area contributed by atoms with E-state index in [1.807, 2.05) is 0 Å². The average Bonchev–Trinajstić information content (AvgIpc) is 3.14. The van der Waals surface area contributed by atoms with Crippen LogP contribution in [-0.4, -0.2) is 50.4 Å². The summed E-state index contributed by atoms with van der Waals surface area (Å²) >= 11 is 0. The highest BCUT2D eigenvalue weighted by molar-refractivity contribution is 6.30. The standard InChI is InChI=1S/C22H22BFN2O5/c1-25-21(29)22(23,10-5-11-27)26-12-16-15(20(26)28)7-4-8-17(16)31-13-14-6-3-9-18(30-2)19(14)24/h3-4,6-9,11H,5,10,12-13H2,1-2H3,(H,25,29). The summed E-state index contributed by atoms with van der Waals surface area (Å²) in [6.07, 6.45) is 0.638. The highest BCUT2D eigenvalue weighted by Crippen LogP contribution is 2.36. The van der Waals surface area contributed by atoms with Crippen LogP contribution >= 0.6 is 0 Å². The molecule has 0 fully saturated rings. The van der Waals surface area contributed by atoms with Crippen LogP contribution in [0.3, 0.4) is 0 Å². The second kappa shape index (κ2) is 9.20. The molecule has 31 heavy (non-hydrogen) atoms. The van der Waals surface area contributed by atoms with E-state index in [-0.39, 0.29) is 31.7 Å². The number of carbonyl (C=O) groups is 3. The number of aldehydes is 1. The van der Waals surface area contributed by atoms with Crippen LogP contribution in [0.4, 0.5) is 4.39 Å². The van der Waals surface area contributed by atoms with Crippen LogP contribution in [0.15, 0.2) is 36.4 Å². The number of methoxy groups -OCH3 is 1. The van der Waals surface area contributed by atoms with Crippen molar-refractivity contribution < 1.29 is 28.2 Å². The van der Waals surface area contributed by atoms with Gasteiger partial charge in [-0.05, 0) is 24.6 Å². The Morgan fingerprint density at radius 1 is 1.29 bits per heavy atom. The van der Waals surface area contributed by atoms with Gasteiger partial charge in [0.05, 0.1) is 19.1 Å². The van der Waals surface area contributed by atoms with E-state index in [0.717, 1.165) is 0 Å². The minimum absolute atomic E-state index is 0.0164. The van der Waals surface area contributed by atoms with Gasteiger partial charge in [0.25, 0.3) is 5.91 Å². The normalized spacial score (nSPS) is 14.5. The monoisotopic (exact) mass is 424 g/mol. The van der Waals surface area contributed by atoms with E-state index in [9.17, 15) is 18.8 Å². The van der Waals surface area contributed by atoms with E-state index in [2.05, 4.69) is 5.32 Å². The van der Waals surface area contributed by atoms with E-state index < -0.39 is 23.1 Å². The Labute approximate surface area is 180 Å². The van der Waals surface area contributed by atoms with Gasteiger partial charge in [0.2, 0.25) is 5.91 Å². The van der Waals surface area contributed by atoms with Crippen LogP contribution < -0.4 is 14.8 Å². The zero-order chi connectivity index (χ0) is 22.6. The first kappa shape index (κ1) is 22.3. The molecule has 0 saturated carbocycles. The summed E-state index contributed by atoms with van der Waals surface area (Å²) in [6.45, 7) is -0.0598. The van der Waals surface area contributed by atoms with Gasteiger partial charge in [-0.15, -0.1) is 0 Å². The van der Waals surface area contributed by atoms with Gasteiger partial charge in [-0.25, -0.2) is 4.39 Å². The van der Waals surface area contributed by atoms with Crippen molar-refractivity contribution in [1.82, 2.24) is 10.2 Å². The van der Waals surface area contributed by atoms with Crippen LogP contribution in [0, 0.1) is 5.82 Å². The maximum Gasteiger partial charge on any atom is 0.254 e. The number of halogens is 1. The number of fused-ring (bicyclic) bond motifs is 1. The molecule has 1 atom stereocenters. The summed E-state index contributed by atoms with van der Waals surface area (Å²) in [5, 5.41) is 2.46. The number of likely N-dealkylation sites (N-methyl/N-ethyl adjacent to an activating group) is 1. The fourth-order valence-corrected chi connectivity index (χ4v) is 3.61. The fraction of sp³-hybridized carbons (Fsp3) is 0.318. The Bertz CT molecular complexity index is 1020. The van der Waals surface area contributed by atoms with Crippen LogP contribution in [-0.2, 0) is 22.7 Å². The number of benzene rings is 2. The molecule has 160 valence electrons. The first-order valence-corrected chi connectivity index (χ1v) is 9.70. The second-order valence-corrected chi connectivity index (χ2v) is 7.10. The first-order valence-electron chi connectivity index (χ1n) is 9.70. The predicted octanol–water partition coefficient (Wildman–Crippen LogP) is 1.96. The van der Waals surface area contributed by atoms with Crippen LogP contribution in [0.1, 0.15) is 34.3 Å². The molecule has 2 radical (unpaired) electrons. The lowest BCUT2D eigenvalue weighted by molar-refractivity contribution is -0.127. The summed E-state index contributed by atoms with van der Waals surface area (Å²) in [5.41, 5.74) is -0.515. The zero-order valence-electron chi connectivity index (χ0n) is 17.3. The van der Waals surface area contributed by atoms with Gasteiger partial charge in [0, 0.05) is 30.2 Å². The van der Waals surface area contributed by atoms with Gasteiger partial charge in [-0.2, -0.15) is 0 Å². The number of ether oxygens (including phenoxy) is 2. The Morgan fingerprint density at radius 2 is 2.00 bits per heavy atom. The SMILES string of the molecule is [B]C(CCC=O)(C(=O)NC)N1Cc2c(OCc3cccc(OC)c3F)cccc2C1=O. The molecule has 9 heteroatoms. The van der Waals surface area contributed by atoms with Crippen LogP contribution in [0.5, 0.6) is 11.5 Å². The van der Waals surface area contributed by atoms with Crippen molar-refractivity contribution in [2.75, 3.05) is 14.2 Å². The molecule has 0 spiro atoms. The van der Waals surface area contributed by atoms with Crippen molar-refractivity contribution in [3.05, 3.63) is 58.9 Å². The minimum Gasteiger partial charge on any atom is -0.494 e. The van der Waals surface area contributed by atoms with E-state index in [1.54, 1.807) is 30.3 Å². The Balaban J connectivity index is 1.88. The molecular formula is C22H22BFN2O5. The molecule has 1 aliphatic heterocycles. The van der Waals surface area contributed by atoms with Gasteiger partial charge in [-0.3, -0.25) is 9.59 Å². The summed E-state index contributed by atoms with van der Waals surface area (Å²) in [5.74, 6) is -1.05. The number of amides is 2. The lowest BCUT2D eigenvalue weighted by Gasteiger charge is -2.37. The molecule has 1 unspecified atom stereocenters. The number of hydrogen-bond donors (Lipinski definition) is 1. The third-order valence-electron chi connectivity index (χ3n) is 5.32. The topological polar surface area (TPSA) is 84.9 Å². The largest absolute Gasteiger partial charge is 0.494 e. The third-order valence-corrected chi connectivity index (χ3v) is 5.32. The Hall–Kier alpha value is -3.36. The average molecular weight is 424 g/mol. The van der Waals surface area contributed by atoms with Gasteiger partial charge >= 0.3 is 0 Å². The molecular weight excluding hydrogens is 402 g/mol. The molecule has 3 rings (SSSR count). The molecule has 1 aliphatic rings. The van der Waals surface area contributed by atoms with Crippen molar-refractivity contribution in [3.63, 3.8) is 0 Å². The molecule has 1 heterocycles. The summed E-state index contributed by atoms with van der Waals surface area (Å²) in [6, 6.07) is 9.66. The molecule has 0 saturated heterocycles. The Kier molecular flexibility index (Phi) is 6.63. The fourth-order valence-electron chi connectivity index (χ4n) is 3.61.